The Morgan fingerprint density at radius 2 is 1.93 bits per heavy atom. The van der Waals surface area contributed by atoms with E-state index in [1.54, 1.807) is 0 Å². The van der Waals surface area contributed by atoms with Crippen LogP contribution in [-0.2, 0) is 0 Å². The van der Waals surface area contributed by atoms with Crippen molar-refractivity contribution >= 4 is 33.5 Å². The van der Waals surface area contributed by atoms with E-state index in [0.717, 1.165) is 47.6 Å². The summed E-state index contributed by atoms with van der Waals surface area (Å²) in [6.45, 7) is 8.10. The topological polar surface area (TPSA) is 63.3 Å². The largest absolute Gasteiger partial charge is 0.390 e. The molecular formula is C22H32N4S2. The number of nitrogens with two attached hydrogens (primary N) is 1. The molecule has 0 unspecified atom stereocenters. The minimum Gasteiger partial charge on any atom is -0.390 e. The lowest BCUT2D eigenvalue weighted by Gasteiger charge is -2.14. The molecule has 0 bridgehead atoms. The Morgan fingerprint density at radius 3 is 2.64 bits per heavy atom. The van der Waals surface area contributed by atoms with Crippen LogP contribution in [0.15, 0.2) is 29.3 Å². The molecule has 0 aliphatic rings. The van der Waals surface area contributed by atoms with Crippen molar-refractivity contribution in [2.75, 3.05) is 18.8 Å². The van der Waals surface area contributed by atoms with E-state index >= 15 is 0 Å². The van der Waals surface area contributed by atoms with E-state index in [0.29, 0.717) is 9.99 Å². The molecule has 0 atom stereocenters. The highest BCUT2D eigenvalue weighted by Gasteiger charge is 2.16. The monoisotopic (exact) mass is 416 g/mol. The van der Waals surface area contributed by atoms with Gasteiger partial charge in [-0.3, -0.25) is 4.99 Å². The van der Waals surface area contributed by atoms with Crippen molar-refractivity contribution in [1.82, 2.24) is 10.3 Å². The minimum atomic E-state index is 0.673. The Morgan fingerprint density at radius 1 is 1.18 bits per heavy atom. The molecule has 0 amide bonds. The van der Waals surface area contributed by atoms with Gasteiger partial charge in [-0.1, -0.05) is 86.8 Å². The van der Waals surface area contributed by atoms with Gasteiger partial charge in [-0.25, -0.2) is 4.98 Å². The van der Waals surface area contributed by atoms with Gasteiger partial charge >= 0.3 is 0 Å². The number of hydrogen-bond donors (Lipinski definition) is 2. The van der Waals surface area contributed by atoms with Gasteiger partial charge in [0.05, 0.1) is 11.3 Å². The molecule has 28 heavy (non-hydrogen) atoms. The van der Waals surface area contributed by atoms with Crippen LogP contribution in [0, 0.1) is 6.92 Å². The van der Waals surface area contributed by atoms with Crippen LogP contribution in [0.5, 0.6) is 0 Å². The maximum atomic E-state index is 6.45. The van der Waals surface area contributed by atoms with Gasteiger partial charge in [-0.05, 0) is 25.8 Å². The first kappa shape index (κ1) is 22.5. The molecule has 2 rings (SSSR count). The quantitative estimate of drug-likeness (QED) is 0.410. The third kappa shape index (κ3) is 6.67. The summed E-state index contributed by atoms with van der Waals surface area (Å²) in [5, 5.41) is 4.04. The Balaban J connectivity index is 2.40. The molecule has 6 heteroatoms. The third-order valence-electron chi connectivity index (χ3n) is 4.49. The van der Waals surface area contributed by atoms with E-state index in [2.05, 4.69) is 49.3 Å². The SMILES string of the molecule is CCCCCN=c1nc(-c2cccc(C)c2)c(C(=S)NCCCCC)c(N)s1. The van der Waals surface area contributed by atoms with Crippen LogP contribution < -0.4 is 15.9 Å². The third-order valence-corrected chi connectivity index (χ3v) is 5.66. The zero-order valence-corrected chi connectivity index (χ0v) is 18.9. The van der Waals surface area contributed by atoms with Crippen LogP contribution in [-0.4, -0.2) is 23.1 Å². The normalized spacial score (nSPS) is 11.6. The van der Waals surface area contributed by atoms with Crippen molar-refractivity contribution in [3.05, 3.63) is 40.2 Å². The molecule has 0 spiro atoms. The van der Waals surface area contributed by atoms with Crippen LogP contribution in [0.1, 0.15) is 63.5 Å². The second-order valence-electron chi connectivity index (χ2n) is 7.01. The number of nitrogens with zero attached hydrogens (tertiary/aromatic N) is 2. The number of aryl methyl sites for hydroxylation is 1. The molecule has 1 aromatic heterocycles. The molecule has 4 nitrogen and oxygen atoms in total. The van der Waals surface area contributed by atoms with Crippen molar-refractivity contribution in [2.24, 2.45) is 4.99 Å². The van der Waals surface area contributed by atoms with Crippen LogP contribution in [0.2, 0.25) is 0 Å². The predicted octanol–water partition coefficient (Wildman–Crippen LogP) is 5.25. The first-order chi connectivity index (χ1) is 13.6. The summed E-state index contributed by atoms with van der Waals surface area (Å²) in [5.41, 5.74) is 10.3. The molecule has 1 heterocycles. The van der Waals surface area contributed by atoms with E-state index in [1.807, 2.05) is 6.07 Å². The van der Waals surface area contributed by atoms with E-state index in [1.165, 1.54) is 42.6 Å². The lowest BCUT2D eigenvalue weighted by Crippen LogP contribution is -2.26. The lowest BCUT2D eigenvalue weighted by atomic mass is 10.0. The van der Waals surface area contributed by atoms with Crippen molar-refractivity contribution in [1.29, 1.82) is 0 Å². The lowest BCUT2D eigenvalue weighted by molar-refractivity contribution is 0.698. The number of unbranched alkanes of at least 4 members (excludes halogenated alkanes) is 4. The number of aromatic nitrogens is 1. The molecule has 0 saturated carbocycles. The predicted molar refractivity (Wildman–Crippen MR) is 126 cm³/mol. The molecule has 0 fully saturated rings. The van der Waals surface area contributed by atoms with Crippen molar-refractivity contribution in [2.45, 2.75) is 59.3 Å². The number of benzene rings is 1. The van der Waals surface area contributed by atoms with Gasteiger partial charge < -0.3 is 11.1 Å². The van der Waals surface area contributed by atoms with Crippen LogP contribution >= 0.6 is 23.6 Å². The summed E-state index contributed by atoms with van der Waals surface area (Å²) in [7, 11) is 0. The molecule has 152 valence electrons. The molecule has 0 aliphatic heterocycles. The van der Waals surface area contributed by atoms with Crippen molar-refractivity contribution < 1.29 is 0 Å². The molecular weight excluding hydrogens is 384 g/mol. The summed E-state index contributed by atoms with van der Waals surface area (Å²) in [4.78, 5) is 10.9. The smallest absolute Gasteiger partial charge is 0.206 e. The highest BCUT2D eigenvalue weighted by atomic mass is 32.1. The minimum absolute atomic E-state index is 0.673. The Labute approximate surface area is 178 Å². The summed E-state index contributed by atoms with van der Waals surface area (Å²) < 4.78 is 0. The molecule has 0 saturated heterocycles. The highest BCUT2D eigenvalue weighted by Crippen LogP contribution is 2.27. The Bertz CT molecular complexity index is 843. The standard InChI is InChI=1S/C22H32N4S2/c1-4-6-8-13-24-21(27)18-19(17-12-10-11-16(3)15-17)26-22(28-20(18)23)25-14-9-7-5-2/h10-12,15H,4-9,13-14,23H2,1-3H3,(H,24,27). The highest BCUT2D eigenvalue weighted by molar-refractivity contribution is 7.80. The van der Waals surface area contributed by atoms with Crippen molar-refractivity contribution in [3.63, 3.8) is 0 Å². The average Bonchev–Trinajstić information content (AvgIpc) is 2.68. The maximum Gasteiger partial charge on any atom is 0.206 e. The second kappa shape index (κ2) is 11.9. The van der Waals surface area contributed by atoms with Gasteiger partial charge in [0.1, 0.15) is 9.99 Å². The van der Waals surface area contributed by atoms with E-state index in [4.69, 9.17) is 22.9 Å². The number of nitrogen functional groups attached to an aromatic ring is 1. The molecule has 0 aliphatic carbocycles. The fourth-order valence-corrected chi connectivity index (χ4v) is 4.09. The summed E-state index contributed by atoms with van der Waals surface area (Å²) in [6.07, 6.45) is 6.90. The fourth-order valence-electron chi connectivity index (χ4n) is 2.93. The molecule has 0 radical (unpaired) electrons. The number of anilines is 1. The molecule has 3 N–H and O–H groups in total. The van der Waals surface area contributed by atoms with Gasteiger partial charge in [0.25, 0.3) is 0 Å². The van der Waals surface area contributed by atoms with Gasteiger partial charge in [0.2, 0.25) is 4.80 Å². The van der Waals surface area contributed by atoms with E-state index < -0.39 is 0 Å². The summed E-state index contributed by atoms with van der Waals surface area (Å²) >= 11 is 7.11. The number of nitrogens with one attached hydrogen (secondary N) is 1. The first-order valence-electron chi connectivity index (χ1n) is 10.2. The van der Waals surface area contributed by atoms with Gasteiger partial charge in [-0.2, -0.15) is 0 Å². The molecule has 2 aromatic rings. The maximum absolute atomic E-state index is 6.45. The number of hydrogen-bond acceptors (Lipinski definition) is 5. The zero-order chi connectivity index (χ0) is 20.4. The van der Waals surface area contributed by atoms with Crippen molar-refractivity contribution in [3.8, 4) is 11.3 Å². The van der Waals surface area contributed by atoms with Gasteiger partial charge in [0.15, 0.2) is 0 Å². The van der Waals surface area contributed by atoms with E-state index in [9.17, 15) is 0 Å². The second-order valence-corrected chi connectivity index (χ2v) is 8.42. The van der Waals surface area contributed by atoms with Gasteiger partial charge in [0, 0.05) is 18.7 Å². The van der Waals surface area contributed by atoms with Crippen LogP contribution in [0.3, 0.4) is 0 Å². The van der Waals surface area contributed by atoms with Crippen LogP contribution in [0.4, 0.5) is 5.00 Å². The van der Waals surface area contributed by atoms with Gasteiger partial charge in [-0.15, -0.1) is 0 Å². The Hall–Kier alpha value is -1.79. The number of thiocarbonyl (C=S) groups is 1. The average molecular weight is 417 g/mol. The zero-order valence-electron chi connectivity index (χ0n) is 17.3. The first-order valence-corrected chi connectivity index (χ1v) is 11.5. The summed E-state index contributed by atoms with van der Waals surface area (Å²) in [5.74, 6) is 0. The number of rotatable bonds is 10. The fraction of sp³-hybridized carbons (Fsp3) is 0.500. The Kier molecular flexibility index (Phi) is 9.58. The molecule has 1 aromatic carbocycles. The van der Waals surface area contributed by atoms with Crippen LogP contribution in [0.25, 0.3) is 11.3 Å². The van der Waals surface area contributed by atoms with E-state index in [-0.39, 0.29) is 0 Å². The summed E-state index contributed by atoms with van der Waals surface area (Å²) in [6, 6.07) is 8.30.